The number of anilines is 1. The van der Waals surface area contributed by atoms with E-state index < -0.39 is 10.0 Å². The van der Waals surface area contributed by atoms with Crippen molar-refractivity contribution in [3.05, 3.63) is 65.7 Å². The lowest BCUT2D eigenvalue weighted by molar-refractivity contribution is 0.384. The summed E-state index contributed by atoms with van der Waals surface area (Å²) in [6.07, 6.45) is 3.17. The molecule has 0 saturated carbocycles. The van der Waals surface area contributed by atoms with E-state index in [4.69, 9.17) is 4.98 Å². The molecule has 0 unspecified atom stereocenters. The summed E-state index contributed by atoms with van der Waals surface area (Å²) in [6, 6.07) is 17.8. The number of hydrogen-bond donors (Lipinski definition) is 0. The molecule has 144 valence electrons. The van der Waals surface area contributed by atoms with Crippen LogP contribution >= 0.6 is 0 Å². The van der Waals surface area contributed by atoms with E-state index in [0.29, 0.717) is 31.1 Å². The predicted octanol–water partition coefficient (Wildman–Crippen LogP) is 3.23. The summed E-state index contributed by atoms with van der Waals surface area (Å²) in [5, 5.41) is 1.11. The number of aromatic nitrogens is 1. The van der Waals surface area contributed by atoms with Crippen LogP contribution in [0, 0.1) is 0 Å². The normalized spacial score (nSPS) is 17.8. The molecule has 0 spiro atoms. The van der Waals surface area contributed by atoms with Crippen molar-refractivity contribution < 1.29 is 8.42 Å². The first kappa shape index (κ1) is 17.6. The number of hydrogen-bond acceptors (Lipinski definition) is 4. The minimum atomic E-state index is -3.44. The Kier molecular flexibility index (Phi) is 4.33. The van der Waals surface area contributed by atoms with E-state index >= 15 is 0 Å². The Morgan fingerprint density at radius 1 is 0.821 bits per heavy atom. The lowest BCUT2D eigenvalue weighted by Crippen LogP contribution is -2.48. The summed E-state index contributed by atoms with van der Waals surface area (Å²) in [4.78, 5) is 7.34. The molecule has 5 nitrogen and oxygen atoms in total. The quantitative estimate of drug-likeness (QED) is 0.686. The molecule has 2 aromatic carbocycles. The molecule has 2 aliphatic rings. The average Bonchev–Trinajstić information content (AvgIpc) is 3.21. The standard InChI is InChI=1S/C22H23N3O2S/c26-28(27,20-10-8-17-5-3-6-19(17)16-20)25-14-12-24(13-15-25)22-11-9-18-4-1-2-7-21(18)23-22/h1-2,4,7-11,16H,3,5-6,12-15H2. The second-order valence-electron chi connectivity index (χ2n) is 7.54. The SMILES string of the molecule is O=S(=O)(c1ccc2c(c1)CCC2)N1CCN(c2ccc3ccccc3n2)CC1. The van der Waals surface area contributed by atoms with Crippen LogP contribution in [0.2, 0.25) is 0 Å². The van der Waals surface area contributed by atoms with Gasteiger partial charge in [-0.25, -0.2) is 13.4 Å². The third-order valence-electron chi connectivity index (χ3n) is 5.85. The highest BCUT2D eigenvalue weighted by atomic mass is 32.2. The highest BCUT2D eigenvalue weighted by Gasteiger charge is 2.29. The molecule has 1 aliphatic heterocycles. The van der Waals surface area contributed by atoms with Gasteiger partial charge >= 0.3 is 0 Å². The second kappa shape index (κ2) is 6.87. The van der Waals surface area contributed by atoms with E-state index in [9.17, 15) is 8.42 Å². The van der Waals surface area contributed by atoms with Crippen LogP contribution in [-0.2, 0) is 22.9 Å². The number of nitrogens with zero attached hydrogens (tertiary/aromatic N) is 3. The van der Waals surface area contributed by atoms with Gasteiger partial charge in [-0.15, -0.1) is 0 Å². The van der Waals surface area contributed by atoms with E-state index in [1.807, 2.05) is 42.5 Å². The zero-order valence-corrected chi connectivity index (χ0v) is 16.5. The number of para-hydroxylation sites is 1. The maximum absolute atomic E-state index is 13.1. The Labute approximate surface area is 165 Å². The van der Waals surface area contributed by atoms with Gasteiger partial charge in [-0.05, 0) is 60.7 Å². The molecule has 5 rings (SSSR count). The van der Waals surface area contributed by atoms with Crippen LogP contribution in [0.4, 0.5) is 5.82 Å². The Morgan fingerprint density at radius 3 is 2.46 bits per heavy atom. The number of sulfonamides is 1. The van der Waals surface area contributed by atoms with Crippen molar-refractivity contribution in [2.75, 3.05) is 31.1 Å². The zero-order valence-electron chi connectivity index (χ0n) is 15.7. The molecular weight excluding hydrogens is 370 g/mol. The van der Waals surface area contributed by atoms with Gasteiger partial charge in [-0.2, -0.15) is 4.31 Å². The van der Waals surface area contributed by atoms with Crippen LogP contribution in [-0.4, -0.2) is 43.9 Å². The minimum Gasteiger partial charge on any atom is -0.354 e. The van der Waals surface area contributed by atoms with E-state index in [-0.39, 0.29) is 0 Å². The Balaban J connectivity index is 1.33. The number of piperazine rings is 1. The summed E-state index contributed by atoms with van der Waals surface area (Å²) in [5.74, 6) is 0.910. The molecule has 1 fully saturated rings. The van der Waals surface area contributed by atoms with Gasteiger partial charge in [0.15, 0.2) is 0 Å². The molecule has 28 heavy (non-hydrogen) atoms. The van der Waals surface area contributed by atoms with Gasteiger partial charge in [0.1, 0.15) is 5.82 Å². The summed E-state index contributed by atoms with van der Waals surface area (Å²) in [5.41, 5.74) is 3.46. The molecule has 0 radical (unpaired) electrons. The van der Waals surface area contributed by atoms with E-state index in [1.54, 1.807) is 10.4 Å². The lowest BCUT2D eigenvalue weighted by atomic mass is 10.1. The molecule has 3 aromatic rings. The van der Waals surface area contributed by atoms with E-state index in [0.717, 1.165) is 36.0 Å². The van der Waals surface area contributed by atoms with Crippen LogP contribution < -0.4 is 4.90 Å². The van der Waals surface area contributed by atoms with Crippen molar-refractivity contribution in [2.45, 2.75) is 24.2 Å². The van der Waals surface area contributed by atoms with Gasteiger partial charge in [-0.3, -0.25) is 0 Å². The van der Waals surface area contributed by atoms with Crippen molar-refractivity contribution in [3.63, 3.8) is 0 Å². The van der Waals surface area contributed by atoms with Gasteiger partial charge < -0.3 is 4.90 Å². The van der Waals surface area contributed by atoms with Crippen LogP contribution in [0.3, 0.4) is 0 Å². The van der Waals surface area contributed by atoms with Crippen molar-refractivity contribution in [3.8, 4) is 0 Å². The van der Waals surface area contributed by atoms with Gasteiger partial charge in [-0.1, -0.05) is 24.3 Å². The molecule has 6 heteroatoms. The van der Waals surface area contributed by atoms with Gasteiger partial charge in [0, 0.05) is 31.6 Å². The monoisotopic (exact) mass is 393 g/mol. The van der Waals surface area contributed by atoms with Crippen molar-refractivity contribution in [1.29, 1.82) is 0 Å². The lowest BCUT2D eigenvalue weighted by Gasteiger charge is -2.34. The first-order valence-corrected chi connectivity index (χ1v) is 11.3. The van der Waals surface area contributed by atoms with Gasteiger partial charge in [0.05, 0.1) is 10.4 Å². The summed E-state index contributed by atoms with van der Waals surface area (Å²) < 4.78 is 27.8. The van der Waals surface area contributed by atoms with E-state index in [2.05, 4.69) is 11.0 Å². The minimum absolute atomic E-state index is 0.436. The Hall–Kier alpha value is -2.44. The fraction of sp³-hybridized carbons (Fsp3) is 0.318. The number of rotatable bonds is 3. The van der Waals surface area contributed by atoms with Crippen LogP contribution in [0.5, 0.6) is 0 Å². The van der Waals surface area contributed by atoms with Crippen LogP contribution in [0.1, 0.15) is 17.5 Å². The first-order chi connectivity index (χ1) is 13.6. The first-order valence-electron chi connectivity index (χ1n) is 9.84. The van der Waals surface area contributed by atoms with Crippen LogP contribution in [0.25, 0.3) is 10.9 Å². The van der Waals surface area contributed by atoms with E-state index in [1.165, 1.54) is 11.1 Å². The Morgan fingerprint density at radius 2 is 1.61 bits per heavy atom. The fourth-order valence-corrected chi connectivity index (χ4v) is 5.72. The number of aryl methyl sites for hydroxylation is 2. The van der Waals surface area contributed by atoms with Crippen molar-refractivity contribution in [2.24, 2.45) is 0 Å². The maximum Gasteiger partial charge on any atom is 0.243 e. The molecule has 0 amide bonds. The van der Waals surface area contributed by atoms with Gasteiger partial charge in [0.2, 0.25) is 10.0 Å². The maximum atomic E-state index is 13.1. The summed E-state index contributed by atoms with van der Waals surface area (Å²) in [6.45, 7) is 2.26. The Bertz CT molecular complexity index is 1140. The van der Waals surface area contributed by atoms with Gasteiger partial charge in [0.25, 0.3) is 0 Å². The molecule has 0 bridgehead atoms. The summed E-state index contributed by atoms with van der Waals surface area (Å²) >= 11 is 0. The third kappa shape index (κ3) is 3.06. The molecule has 1 aliphatic carbocycles. The number of pyridine rings is 1. The highest BCUT2D eigenvalue weighted by molar-refractivity contribution is 7.89. The molecule has 0 atom stereocenters. The molecule has 1 aromatic heterocycles. The van der Waals surface area contributed by atoms with Crippen molar-refractivity contribution in [1.82, 2.24) is 9.29 Å². The largest absolute Gasteiger partial charge is 0.354 e. The fourth-order valence-electron chi connectivity index (χ4n) is 4.25. The predicted molar refractivity (Wildman–Crippen MR) is 111 cm³/mol. The average molecular weight is 394 g/mol. The zero-order chi connectivity index (χ0) is 19.1. The second-order valence-corrected chi connectivity index (χ2v) is 9.48. The smallest absolute Gasteiger partial charge is 0.243 e. The molecule has 1 saturated heterocycles. The topological polar surface area (TPSA) is 53.5 Å². The third-order valence-corrected chi connectivity index (χ3v) is 7.75. The molecule has 0 N–H and O–H groups in total. The molecule has 2 heterocycles. The number of benzene rings is 2. The highest BCUT2D eigenvalue weighted by Crippen LogP contribution is 2.27. The molecular formula is C22H23N3O2S. The summed E-state index contributed by atoms with van der Waals surface area (Å²) in [7, 11) is -3.44. The van der Waals surface area contributed by atoms with Crippen molar-refractivity contribution >= 4 is 26.7 Å². The number of fused-ring (bicyclic) bond motifs is 2. The van der Waals surface area contributed by atoms with Crippen LogP contribution in [0.15, 0.2) is 59.5 Å².